The first kappa shape index (κ1) is 17.4. The lowest BCUT2D eigenvalue weighted by molar-refractivity contribution is 0.0407. The summed E-state index contributed by atoms with van der Waals surface area (Å²) in [6.45, 7) is 5.49. The molecule has 3 heterocycles. The number of aromatic nitrogens is 2. The largest absolute Gasteiger partial charge is 0.378 e. The number of nitrogens with zero attached hydrogens (tertiary/aromatic N) is 4. The van der Waals surface area contributed by atoms with Gasteiger partial charge < -0.3 is 25.6 Å². The van der Waals surface area contributed by atoms with E-state index in [2.05, 4.69) is 15.3 Å². The quantitative estimate of drug-likeness (QED) is 0.778. The first-order chi connectivity index (χ1) is 12.0. The Kier molecular flexibility index (Phi) is 5.32. The third kappa shape index (κ3) is 4.16. The van der Waals surface area contributed by atoms with Gasteiger partial charge in [0.2, 0.25) is 5.95 Å². The summed E-state index contributed by atoms with van der Waals surface area (Å²) in [5.41, 5.74) is 6.51. The second kappa shape index (κ2) is 7.64. The number of amides is 3. The van der Waals surface area contributed by atoms with Crippen LogP contribution in [0.4, 0.5) is 10.7 Å². The molecule has 9 nitrogen and oxygen atoms in total. The number of morpholine rings is 1. The summed E-state index contributed by atoms with van der Waals surface area (Å²) >= 11 is 0. The second-order valence-electron chi connectivity index (χ2n) is 6.34. The number of carbonyl (C=O) groups is 2. The van der Waals surface area contributed by atoms with Crippen LogP contribution in [0.5, 0.6) is 0 Å². The Labute approximate surface area is 146 Å². The summed E-state index contributed by atoms with van der Waals surface area (Å²) < 4.78 is 5.28. The van der Waals surface area contributed by atoms with E-state index in [-0.39, 0.29) is 23.9 Å². The van der Waals surface area contributed by atoms with Gasteiger partial charge in [0.05, 0.1) is 24.5 Å². The fraction of sp³-hybridized carbons (Fsp3) is 0.625. The number of rotatable bonds is 2. The molecule has 0 radical (unpaired) electrons. The van der Waals surface area contributed by atoms with Crippen LogP contribution < -0.4 is 11.1 Å². The maximum Gasteiger partial charge on any atom is 0.320 e. The molecule has 136 valence electrons. The number of carbonyl (C=O) groups excluding carboxylic acids is 2. The average Bonchev–Trinajstić information content (AvgIpc) is 2.62. The fourth-order valence-corrected chi connectivity index (χ4v) is 3.14. The highest BCUT2D eigenvalue weighted by Gasteiger charge is 2.28. The standard InChI is InChI=1S/C16H24N6O3/c1-11-13(10-18-15(17)19-11)14(23)20-12-2-4-21(5-3-12)16(24)22-6-8-25-9-7-22/h10,12H,2-9H2,1H3,(H,20,23)(H2,17,18,19). The number of likely N-dealkylation sites (tertiary alicyclic amines) is 1. The second-order valence-corrected chi connectivity index (χ2v) is 6.34. The van der Waals surface area contributed by atoms with E-state index in [0.717, 1.165) is 12.8 Å². The van der Waals surface area contributed by atoms with Gasteiger partial charge in [-0.3, -0.25) is 4.79 Å². The van der Waals surface area contributed by atoms with Crippen LogP contribution in [0.3, 0.4) is 0 Å². The van der Waals surface area contributed by atoms with Gasteiger partial charge in [-0.1, -0.05) is 0 Å². The van der Waals surface area contributed by atoms with Gasteiger partial charge in [-0.05, 0) is 19.8 Å². The number of nitrogen functional groups attached to an aromatic ring is 1. The molecule has 2 aliphatic rings. The molecule has 2 fully saturated rings. The van der Waals surface area contributed by atoms with E-state index < -0.39 is 0 Å². The number of urea groups is 1. The molecule has 25 heavy (non-hydrogen) atoms. The maximum atomic E-state index is 12.5. The van der Waals surface area contributed by atoms with Crippen molar-refractivity contribution in [3.8, 4) is 0 Å². The summed E-state index contributed by atoms with van der Waals surface area (Å²) in [6, 6.07) is 0.106. The SMILES string of the molecule is Cc1nc(N)ncc1C(=O)NC1CCN(C(=O)N2CCOCC2)CC1. The Bertz CT molecular complexity index is 639. The minimum atomic E-state index is -0.199. The lowest BCUT2D eigenvalue weighted by atomic mass is 10.0. The van der Waals surface area contributed by atoms with Crippen LogP contribution in [0.25, 0.3) is 0 Å². The third-order valence-electron chi connectivity index (χ3n) is 4.62. The number of aryl methyl sites for hydroxylation is 1. The van der Waals surface area contributed by atoms with E-state index in [1.165, 1.54) is 6.20 Å². The summed E-state index contributed by atoms with van der Waals surface area (Å²) in [6.07, 6.45) is 2.91. The van der Waals surface area contributed by atoms with Crippen LogP contribution in [0.15, 0.2) is 6.20 Å². The zero-order chi connectivity index (χ0) is 17.8. The minimum absolute atomic E-state index is 0.0400. The molecule has 1 aromatic rings. The molecule has 9 heteroatoms. The first-order valence-corrected chi connectivity index (χ1v) is 8.56. The smallest absolute Gasteiger partial charge is 0.320 e. The Morgan fingerprint density at radius 3 is 2.48 bits per heavy atom. The van der Waals surface area contributed by atoms with Crippen molar-refractivity contribution in [2.45, 2.75) is 25.8 Å². The Balaban J connectivity index is 1.50. The number of hydrogen-bond donors (Lipinski definition) is 2. The molecule has 0 atom stereocenters. The van der Waals surface area contributed by atoms with Crippen LogP contribution in [0, 0.1) is 6.92 Å². The molecule has 2 aliphatic heterocycles. The van der Waals surface area contributed by atoms with Gasteiger partial charge in [0.1, 0.15) is 0 Å². The van der Waals surface area contributed by atoms with Gasteiger partial charge >= 0.3 is 6.03 Å². The molecule has 0 aliphatic carbocycles. The molecule has 1 aromatic heterocycles. The Morgan fingerprint density at radius 1 is 1.20 bits per heavy atom. The zero-order valence-corrected chi connectivity index (χ0v) is 14.4. The summed E-state index contributed by atoms with van der Waals surface area (Å²) in [4.78, 5) is 36.4. The maximum absolute atomic E-state index is 12.5. The van der Waals surface area contributed by atoms with E-state index in [1.807, 2.05) is 9.80 Å². The van der Waals surface area contributed by atoms with Crippen molar-refractivity contribution in [2.24, 2.45) is 0 Å². The number of ether oxygens (including phenoxy) is 1. The first-order valence-electron chi connectivity index (χ1n) is 8.56. The molecule has 3 N–H and O–H groups in total. The molecule has 0 spiro atoms. The van der Waals surface area contributed by atoms with Gasteiger partial charge in [0, 0.05) is 38.4 Å². The molecule has 0 saturated carbocycles. The molecule has 3 rings (SSSR count). The number of nitrogens with one attached hydrogen (secondary N) is 1. The summed E-state index contributed by atoms with van der Waals surface area (Å²) in [5.74, 6) is -0.0422. The molecular weight excluding hydrogens is 324 g/mol. The van der Waals surface area contributed by atoms with Gasteiger partial charge in [0.25, 0.3) is 5.91 Å². The van der Waals surface area contributed by atoms with Gasteiger partial charge in [-0.2, -0.15) is 0 Å². The minimum Gasteiger partial charge on any atom is -0.378 e. The number of piperidine rings is 1. The van der Waals surface area contributed by atoms with Gasteiger partial charge in [-0.15, -0.1) is 0 Å². The van der Waals surface area contributed by atoms with Crippen LogP contribution in [-0.4, -0.2) is 77.1 Å². The van der Waals surface area contributed by atoms with Crippen molar-refractivity contribution in [3.05, 3.63) is 17.5 Å². The van der Waals surface area contributed by atoms with Crippen LogP contribution in [0.1, 0.15) is 28.9 Å². The van der Waals surface area contributed by atoms with E-state index in [0.29, 0.717) is 50.7 Å². The fourth-order valence-electron chi connectivity index (χ4n) is 3.14. The van der Waals surface area contributed by atoms with Crippen molar-refractivity contribution in [1.82, 2.24) is 25.1 Å². The van der Waals surface area contributed by atoms with Crippen LogP contribution >= 0.6 is 0 Å². The molecular formula is C16H24N6O3. The Morgan fingerprint density at radius 2 is 1.84 bits per heavy atom. The van der Waals surface area contributed by atoms with Crippen LogP contribution in [0.2, 0.25) is 0 Å². The van der Waals surface area contributed by atoms with E-state index in [9.17, 15) is 9.59 Å². The third-order valence-corrected chi connectivity index (χ3v) is 4.62. The predicted molar refractivity (Wildman–Crippen MR) is 91.0 cm³/mol. The monoisotopic (exact) mass is 348 g/mol. The van der Waals surface area contributed by atoms with Gasteiger partial charge in [-0.25, -0.2) is 14.8 Å². The number of hydrogen-bond acceptors (Lipinski definition) is 6. The van der Waals surface area contributed by atoms with Crippen molar-refractivity contribution < 1.29 is 14.3 Å². The average molecular weight is 348 g/mol. The van der Waals surface area contributed by atoms with E-state index >= 15 is 0 Å². The Hall–Kier alpha value is -2.42. The summed E-state index contributed by atoms with van der Waals surface area (Å²) in [7, 11) is 0. The number of anilines is 1. The number of nitrogens with two attached hydrogens (primary N) is 1. The molecule has 0 bridgehead atoms. The highest BCUT2D eigenvalue weighted by atomic mass is 16.5. The topological polar surface area (TPSA) is 114 Å². The van der Waals surface area contributed by atoms with E-state index in [1.54, 1.807) is 6.92 Å². The van der Waals surface area contributed by atoms with Crippen molar-refractivity contribution in [2.75, 3.05) is 45.1 Å². The molecule has 0 aromatic carbocycles. The zero-order valence-electron chi connectivity index (χ0n) is 14.4. The van der Waals surface area contributed by atoms with Crippen molar-refractivity contribution in [1.29, 1.82) is 0 Å². The van der Waals surface area contributed by atoms with Gasteiger partial charge in [0.15, 0.2) is 0 Å². The molecule has 0 unspecified atom stereocenters. The van der Waals surface area contributed by atoms with E-state index in [4.69, 9.17) is 10.5 Å². The highest BCUT2D eigenvalue weighted by molar-refractivity contribution is 5.95. The molecule has 3 amide bonds. The normalized spacial score (nSPS) is 18.9. The van der Waals surface area contributed by atoms with Crippen molar-refractivity contribution in [3.63, 3.8) is 0 Å². The van der Waals surface area contributed by atoms with Crippen molar-refractivity contribution >= 4 is 17.9 Å². The predicted octanol–water partition coefficient (Wildman–Crippen LogP) is 0.0136. The highest BCUT2D eigenvalue weighted by Crippen LogP contribution is 2.15. The van der Waals surface area contributed by atoms with Crippen LogP contribution in [-0.2, 0) is 4.74 Å². The molecule has 2 saturated heterocycles. The lowest BCUT2D eigenvalue weighted by Crippen LogP contribution is -2.52. The lowest BCUT2D eigenvalue weighted by Gasteiger charge is -2.37. The summed E-state index contributed by atoms with van der Waals surface area (Å²) in [5, 5.41) is 3.00.